The number of ether oxygens (including phenoxy) is 1. The smallest absolute Gasteiger partial charge is 0.257 e. The van der Waals surface area contributed by atoms with Crippen LogP contribution < -0.4 is 0 Å². The topological polar surface area (TPSA) is 55.3 Å². The normalized spacial score (nSPS) is 18.8. The van der Waals surface area contributed by atoms with E-state index in [4.69, 9.17) is 27.9 Å². The Balaban J connectivity index is 2.23. The first-order valence-electron chi connectivity index (χ1n) is 5.51. The minimum atomic E-state index is -0.357. The molecule has 5 nitrogen and oxygen atoms in total. The predicted molar refractivity (Wildman–Crippen MR) is 68.0 cm³/mol. The van der Waals surface area contributed by atoms with Crippen LogP contribution in [0.25, 0.3) is 0 Å². The van der Waals surface area contributed by atoms with Crippen LogP contribution in [0.15, 0.2) is 6.07 Å². The van der Waals surface area contributed by atoms with Crippen LogP contribution in [0.4, 0.5) is 0 Å². The number of amides is 1. The third kappa shape index (κ3) is 2.91. The zero-order valence-corrected chi connectivity index (χ0v) is 11.6. The van der Waals surface area contributed by atoms with Crippen molar-refractivity contribution in [1.82, 2.24) is 15.1 Å². The summed E-state index contributed by atoms with van der Waals surface area (Å²) in [4.78, 5) is 14.0. The molecule has 0 unspecified atom stereocenters. The minimum Gasteiger partial charge on any atom is -0.372 e. The summed E-state index contributed by atoms with van der Waals surface area (Å²) in [6.07, 6.45) is 0. The van der Waals surface area contributed by atoms with E-state index in [0.717, 1.165) is 0 Å². The average Bonchev–Trinajstić information content (AvgIpc) is 2.30. The molecule has 0 aliphatic carbocycles. The maximum atomic E-state index is 12.3. The second-order valence-electron chi connectivity index (χ2n) is 4.71. The van der Waals surface area contributed by atoms with Gasteiger partial charge < -0.3 is 9.64 Å². The molecule has 0 spiro atoms. The van der Waals surface area contributed by atoms with Crippen LogP contribution >= 0.6 is 23.2 Å². The Bertz CT molecular complexity index is 479. The molecule has 98 valence electrons. The number of nitrogens with zero attached hydrogens (tertiary/aromatic N) is 3. The summed E-state index contributed by atoms with van der Waals surface area (Å²) in [7, 11) is 0. The molecule has 18 heavy (non-hydrogen) atoms. The number of hydrogen-bond donors (Lipinski definition) is 0. The van der Waals surface area contributed by atoms with Crippen molar-refractivity contribution in [3.63, 3.8) is 0 Å². The van der Waals surface area contributed by atoms with Gasteiger partial charge in [-0.1, -0.05) is 23.2 Å². The predicted octanol–water partition coefficient (Wildman–Crippen LogP) is 2.03. The maximum Gasteiger partial charge on any atom is 0.257 e. The van der Waals surface area contributed by atoms with Crippen molar-refractivity contribution in [2.45, 2.75) is 19.4 Å². The lowest BCUT2D eigenvalue weighted by Gasteiger charge is -2.38. The molecule has 2 heterocycles. The van der Waals surface area contributed by atoms with Crippen molar-refractivity contribution in [3.05, 3.63) is 21.9 Å². The highest BCUT2D eigenvalue weighted by molar-refractivity contribution is 6.34. The van der Waals surface area contributed by atoms with Gasteiger partial charge in [0.2, 0.25) is 0 Å². The standard InChI is InChI=1S/C11H13Cl2N3O2/c1-11(2)6-16(3-4-18-11)10(17)7-5-8(12)14-15-9(7)13/h5H,3-4,6H2,1-2H3. The van der Waals surface area contributed by atoms with Crippen LogP contribution in [0, 0.1) is 0 Å². The molecule has 1 aromatic rings. The molecule has 0 bridgehead atoms. The maximum absolute atomic E-state index is 12.3. The summed E-state index contributed by atoms with van der Waals surface area (Å²) < 4.78 is 5.55. The van der Waals surface area contributed by atoms with E-state index in [-0.39, 0.29) is 27.4 Å². The fourth-order valence-electron chi connectivity index (χ4n) is 1.86. The van der Waals surface area contributed by atoms with Crippen molar-refractivity contribution in [3.8, 4) is 0 Å². The lowest BCUT2D eigenvalue weighted by molar-refractivity contribution is -0.0764. The number of hydrogen-bond acceptors (Lipinski definition) is 4. The SMILES string of the molecule is CC1(C)CN(C(=O)c2cc(Cl)nnc2Cl)CCO1. The molecule has 1 aliphatic rings. The van der Waals surface area contributed by atoms with Crippen LogP contribution in [-0.2, 0) is 4.74 Å². The molecule has 2 rings (SSSR count). The van der Waals surface area contributed by atoms with Gasteiger partial charge in [0.15, 0.2) is 10.3 Å². The van der Waals surface area contributed by atoms with E-state index in [0.29, 0.717) is 19.7 Å². The Morgan fingerprint density at radius 1 is 1.44 bits per heavy atom. The molecule has 1 fully saturated rings. The molecule has 1 amide bonds. The molecule has 0 N–H and O–H groups in total. The number of halogens is 2. The average molecular weight is 290 g/mol. The van der Waals surface area contributed by atoms with Crippen LogP contribution in [0.3, 0.4) is 0 Å². The van der Waals surface area contributed by atoms with Crippen molar-refractivity contribution >= 4 is 29.1 Å². The van der Waals surface area contributed by atoms with Gasteiger partial charge in [0.05, 0.1) is 17.8 Å². The molecule has 0 radical (unpaired) electrons. The lowest BCUT2D eigenvalue weighted by atomic mass is 10.1. The summed E-state index contributed by atoms with van der Waals surface area (Å²) in [5, 5.41) is 7.43. The summed E-state index contributed by atoms with van der Waals surface area (Å²) in [5.41, 5.74) is -0.0839. The second-order valence-corrected chi connectivity index (χ2v) is 5.45. The molecule has 1 saturated heterocycles. The number of rotatable bonds is 1. The number of carbonyl (C=O) groups excluding carboxylic acids is 1. The van der Waals surface area contributed by atoms with Gasteiger partial charge in [0.1, 0.15) is 0 Å². The zero-order valence-electron chi connectivity index (χ0n) is 10.1. The molecule has 0 aromatic carbocycles. The van der Waals surface area contributed by atoms with Crippen LogP contribution in [-0.4, -0.2) is 46.3 Å². The highest BCUT2D eigenvalue weighted by Gasteiger charge is 2.31. The summed E-state index contributed by atoms with van der Waals surface area (Å²) in [6.45, 7) is 5.40. The fourth-order valence-corrected chi connectivity index (χ4v) is 2.18. The van der Waals surface area contributed by atoms with Gasteiger partial charge in [-0.25, -0.2) is 0 Å². The zero-order chi connectivity index (χ0) is 13.3. The van der Waals surface area contributed by atoms with Crippen molar-refractivity contribution in [2.24, 2.45) is 0 Å². The highest BCUT2D eigenvalue weighted by atomic mass is 35.5. The van der Waals surface area contributed by atoms with E-state index in [9.17, 15) is 4.79 Å². The van der Waals surface area contributed by atoms with Crippen molar-refractivity contribution < 1.29 is 9.53 Å². The van der Waals surface area contributed by atoms with Crippen molar-refractivity contribution in [1.29, 1.82) is 0 Å². The number of carbonyl (C=O) groups is 1. The van der Waals surface area contributed by atoms with Gasteiger partial charge in [-0.3, -0.25) is 4.79 Å². The molecular weight excluding hydrogens is 277 g/mol. The minimum absolute atomic E-state index is 0.0636. The van der Waals surface area contributed by atoms with E-state index in [1.54, 1.807) is 4.90 Å². The first-order chi connectivity index (χ1) is 8.39. The fraction of sp³-hybridized carbons (Fsp3) is 0.545. The quantitative estimate of drug-likeness (QED) is 0.794. The van der Waals surface area contributed by atoms with E-state index in [2.05, 4.69) is 10.2 Å². The first-order valence-corrected chi connectivity index (χ1v) is 6.26. The molecule has 1 aromatic heterocycles. The third-order valence-corrected chi connectivity index (χ3v) is 3.13. The number of aromatic nitrogens is 2. The highest BCUT2D eigenvalue weighted by Crippen LogP contribution is 2.22. The molecule has 1 aliphatic heterocycles. The third-order valence-electron chi connectivity index (χ3n) is 2.66. The van der Waals surface area contributed by atoms with Crippen LogP contribution in [0.1, 0.15) is 24.2 Å². The van der Waals surface area contributed by atoms with Crippen molar-refractivity contribution in [2.75, 3.05) is 19.7 Å². The molecule has 0 saturated carbocycles. The Kier molecular flexibility index (Phi) is 3.75. The van der Waals surface area contributed by atoms with Gasteiger partial charge in [-0.2, -0.15) is 0 Å². The van der Waals surface area contributed by atoms with E-state index >= 15 is 0 Å². The molecule has 7 heteroatoms. The van der Waals surface area contributed by atoms with Gasteiger partial charge in [0, 0.05) is 13.1 Å². The van der Waals surface area contributed by atoms with Gasteiger partial charge >= 0.3 is 0 Å². The van der Waals surface area contributed by atoms with E-state index in [1.807, 2.05) is 13.8 Å². The van der Waals surface area contributed by atoms with E-state index in [1.165, 1.54) is 6.07 Å². The van der Waals surface area contributed by atoms with Gasteiger partial charge in [-0.05, 0) is 19.9 Å². The lowest BCUT2D eigenvalue weighted by Crippen LogP contribution is -2.50. The Hall–Kier alpha value is -0.910. The number of morpholine rings is 1. The molecule has 0 atom stereocenters. The van der Waals surface area contributed by atoms with Crippen LogP contribution in [0.5, 0.6) is 0 Å². The second kappa shape index (κ2) is 4.99. The van der Waals surface area contributed by atoms with Gasteiger partial charge in [0.25, 0.3) is 5.91 Å². The Morgan fingerprint density at radius 2 is 2.17 bits per heavy atom. The Labute approximate surface area is 115 Å². The summed E-state index contributed by atoms with van der Waals surface area (Å²) in [5.74, 6) is -0.201. The van der Waals surface area contributed by atoms with Crippen LogP contribution in [0.2, 0.25) is 10.3 Å². The first kappa shape index (κ1) is 13.5. The molecular formula is C11H13Cl2N3O2. The monoisotopic (exact) mass is 289 g/mol. The Morgan fingerprint density at radius 3 is 2.83 bits per heavy atom. The van der Waals surface area contributed by atoms with Gasteiger partial charge in [-0.15, -0.1) is 10.2 Å². The summed E-state index contributed by atoms with van der Waals surface area (Å²) in [6, 6.07) is 1.43. The largest absolute Gasteiger partial charge is 0.372 e. The van der Waals surface area contributed by atoms with E-state index < -0.39 is 0 Å². The summed E-state index contributed by atoms with van der Waals surface area (Å²) >= 11 is 11.6.